The molecule has 140 valence electrons. The Bertz CT molecular complexity index is 946. The van der Waals surface area contributed by atoms with E-state index in [1.54, 1.807) is 7.11 Å². The predicted octanol–water partition coefficient (Wildman–Crippen LogP) is 1.52. The summed E-state index contributed by atoms with van der Waals surface area (Å²) in [6.07, 6.45) is 1.51. The molecule has 4 rings (SSSR count). The van der Waals surface area contributed by atoms with Crippen molar-refractivity contribution in [3.05, 3.63) is 41.7 Å². The minimum Gasteiger partial charge on any atom is -0.497 e. The van der Waals surface area contributed by atoms with Crippen molar-refractivity contribution in [2.75, 3.05) is 7.11 Å². The van der Waals surface area contributed by atoms with E-state index in [4.69, 9.17) is 9.26 Å². The van der Waals surface area contributed by atoms with Crippen LogP contribution in [0.25, 0.3) is 11.5 Å². The number of hydrogen-bond acceptors (Lipinski definition) is 7. The van der Waals surface area contributed by atoms with Gasteiger partial charge in [-0.2, -0.15) is 4.98 Å². The molecule has 0 fully saturated rings. The van der Waals surface area contributed by atoms with Crippen LogP contribution in [-0.2, 0) is 24.3 Å². The van der Waals surface area contributed by atoms with Gasteiger partial charge in [-0.3, -0.25) is 4.79 Å². The lowest BCUT2D eigenvalue weighted by molar-refractivity contribution is -0.126. The standard InChI is InChI=1S/C18H20N6O3/c1-11-21-22-16-8-5-13(10-24(11)16)17(25)19-9-15-20-18(27-23-15)12-3-6-14(26-2)7-4-12/h3-4,6-7,13H,5,8-10H2,1-2H3,(H,19,25)/t13-/m1/s1. The molecule has 1 aliphatic rings. The van der Waals surface area contributed by atoms with E-state index in [1.165, 1.54) is 0 Å². The second-order valence-electron chi connectivity index (χ2n) is 6.47. The summed E-state index contributed by atoms with van der Waals surface area (Å²) in [5.41, 5.74) is 0.795. The lowest BCUT2D eigenvalue weighted by Gasteiger charge is -2.22. The van der Waals surface area contributed by atoms with Gasteiger partial charge in [-0.05, 0) is 37.6 Å². The van der Waals surface area contributed by atoms with E-state index in [1.807, 2.05) is 35.8 Å². The summed E-state index contributed by atoms with van der Waals surface area (Å²) in [6.45, 7) is 2.73. The largest absolute Gasteiger partial charge is 0.497 e. The molecule has 0 bridgehead atoms. The van der Waals surface area contributed by atoms with Crippen molar-refractivity contribution in [2.45, 2.75) is 32.9 Å². The highest BCUT2D eigenvalue weighted by molar-refractivity contribution is 5.78. The highest BCUT2D eigenvalue weighted by atomic mass is 16.5. The van der Waals surface area contributed by atoms with Crippen molar-refractivity contribution >= 4 is 5.91 Å². The normalized spacial score (nSPS) is 16.0. The molecule has 3 heterocycles. The van der Waals surface area contributed by atoms with Gasteiger partial charge in [0.15, 0.2) is 5.82 Å². The maximum atomic E-state index is 12.5. The molecular formula is C18H20N6O3. The van der Waals surface area contributed by atoms with E-state index in [0.29, 0.717) is 18.3 Å². The number of hydrogen-bond donors (Lipinski definition) is 1. The Morgan fingerprint density at radius 3 is 2.93 bits per heavy atom. The molecule has 0 saturated carbocycles. The van der Waals surface area contributed by atoms with Crippen molar-refractivity contribution in [1.82, 2.24) is 30.2 Å². The summed E-state index contributed by atoms with van der Waals surface area (Å²) in [5.74, 6) is 3.24. The van der Waals surface area contributed by atoms with Crippen molar-refractivity contribution in [1.29, 1.82) is 0 Å². The van der Waals surface area contributed by atoms with Crippen molar-refractivity contribution < 1.29 is 14.1 Å². The molecule has 3 aromatic rings. The number of rotatable bonds is 5. The van der Waals surface area contributed by atoms with E-state index in [2.05, 4.69) is 25.7 Å². The number of carbonyl (C=O) groups is 1. The van der Waals surface area contributed by atoms with Gasteiger partial charge in [-0.1, -0.05) is 5.16 Å². The van der Waals surface area contributed by atoms with Crippen LogP contribution in [0.1, 0.15) is 23.9 Å². The van der Waals surface area contributed by atoms with Crippen molar-refractivity contribution in [2.24, 2.45) is 5.92 Å². The number of ether oxygens (including phenoxy) is 1. The van der Waals surface area contributed by atoms with Crippen molar-refractivity contribution in [3.63, 3.8) is 0 Å². The number of fused-ring (bicyclic) bond motifs is 1. The molecule has 0 saturated heterocycles. The smallest absolute Gasteiger partial charge is 0.257 e. The third kappa shape index (κ3) is 3.53. The van der Waals surface area contributed by atoms with Crippen LogP contribution in [0.3, 0.4) is 0 Å². The Morgan fingerprint density at radius 2 is 2.15 bits per heavy atom. The van der Waals surface area contributed by atoms with E-state index < -0.39 is 0 Å². The van der Waals surface area contributed by atoms with Gasteiger partial charge in [-0.25, -0.2) is 0 Å². The summed E-state index contributed by atoms with van der Waals surface area (Å²) in [4.78, 5) is 16.8. The Labute approximate surface area is 155 Å². The van der Waals surface area contributed by atoms with E-state index >= 15 is 0 Å². The van der Waals surface area contributed by atoms with Crippen molar-refractivity contribution in [3.8, 4) is 17.2 Å². The zero-order valence-electron chi connectivity index (χ0n) is 15.2. The number of benzene rings is 1. The minimum absolute atomic E-state index is 0.0236. The molecule has 0 radical (unpaired) electrons. The fourth-order valence-corrected chi connectivity index (χ4v) is 3.16. The lowest BCUT2D eigenvalue weighted by Crippen LogP contribution is -2.36. The molecule has 1 N–H and O–H groups in total. The van der Waals surface area contributed by atoms with Crippen LogP contribution in [-0.4, -0.2) is 37.9 Å². The SMILES string of the molecule is COc1ccc(-c2nc(CNC(=O)[C@@H]3CCc4nnc(C)n4C3)no2)cc1. The lowest BCUT2D eigenvalue weighted by atomic mass is 9.98. The predicted molar refractivity (Wildman–Crippen MR) is 94.7 cm³/mol. The molecule has 1 aromatic carbocycles. The number of nitrogens with zero attached hydrogens (tertiary/aromatic N) is 5. The zero-order valence-corrected chi connectivity index (χ0v) is 15.2. The van der Waals surface area contributed by atoms with Gasteiger partial charge in [0.05, 0.1) is 19.6 Å². The van der Waals surface area contributed by atoms with E-state index in [9.17, 15) is 4.79 Å². The first-order valence-corrected chi connectivity index (χ1v) is 8.77. The summed E-state index contributed by atoms with van der Waals surface area (Å²) in [7, 11) is 1.61. The number of aryl methyl sites for hydroxylation is 2. The van der Waals surface area contributed by atoms with Gasteiger partial charge in [0, 0.05) is 18.5 Å². The van der Waals surface area contributed by atoms with Gasteiger partial charge in [0.1, 0.15) is 17.4 Å². The molecule has 0 spiro atoms. The Kier molecular flexibility index (Phi) is 4.57. The number of methoxy groups -OCH3 is 1. The van der Waals surface area contributed by atoms with Crippen LogP contribution in [0.15, 0.2) is 28.8 Å². The average molecular weight is 368 g/mol. The van der Waals surface area contributed by atoms with Crippen LogP contribution in [0.4, 0.5) is 0 Å². The first-order chi connectivity index (χ1) is 13.1. The highest BCUT2D eigenvalue weighted by Crippen LogP contribution is 2.22. The second-order valence-corrected chi connectivity index (χ2v) is 6.47. The molecule has 1 aliphatic heterocycles. The summed E-state index contributed by atoms with van der Waals surface area (Å²) in [6, 6.07) is 7.34. The number of amides is 1. The number of carbonyl (C=O) groups excluding carboxylic acids is 1. The monoisotopic (exact) mass is 368 g/mol. The Hall–Kier alpha value is -3.23. The molecule has 0 aliphatic carbocycles. The maximum absolute atomic E-state index is 12.5. The third-order valence-electron chi connectivity index (χ3n) is 4.73. The van der Waals surface area contributed by atoms with Gasteiger partial charge < -0.3 is 19.1 Å². The zero-order chi connectivity index (χ0) is 18.8. The fraction of sp³-hybridized carbons (Fsp3) is 0.389. The fourth-order valence-electron chi connectivity index (χ4n) is 3.16. The van der Waals surface area contributed by atoms with Gasteiger partial charge >= 0.3 is 0 Å². The Morgan fingerprint density at radius 1 is 1.33 bits per heavy atom. The molecule has 1 amide bonds. The average Bonchev–Trinajstić information content (AvgIpc) is 3.33. The summed E-state index contributed by atoms with van der Waals surface area (Å²) < 4.78 is 12.4. The molecule has 27 heavy (non-hydrogen) atoms. The molecule has 9 nitrogen and oxygen atoms in total. The number of aromatic nitrogens is 5. The molecule has 2 aromatic heterocycles. The Balaban J connectivity index is 1.36. The molecule has 9 heteroatoms. The summed E-state index contributed by atoms with van der Waals surface area (Å²) >= 11 is 0. The second kappa shape index (κ2) is 7.18. The van der Waals surface area contributed by atoms with Gasteiger partial charge in [-0.15, -0.1) is 10.2 Å². The first kappa shape index (κ1) is 17.2. The van der Waals surface area contributed by atoms with Crippen LogP contribution < -0.4 is 10.1 Å². The molecule has 0 unspecified atom stereocenters. The molecular weight excluding hydrogens is 348 g/mol. The molecule has 1 atom stereocenters. The van der Waals surface area contributed by atoms with E-state index in [0.717, 1.165) is 35.8 Å². The quantitative estimate of drug-likeness (QED) is 0.727. The maximum Gasteiger partial charge on any atom is 0.257 e. The van der Waals surface area contributed by atoms with Gasteiger partial charge in [0.25, 0.3) is 5.89 Å². The first-order valence-electron chi connectivity index (χ1n) is 8.77. The third-order valence-corrected chi connectivity index (χ3v) is 4.73. The highest BCUT2D eigenvalue weighted by Gasteiger charge is 2.26. The summed E-state index contributed by atoms with van der Waals surface area (Å²) in [5, 5.41) is 15.0. The van der Waals surface area contributed by atoms with Crippen LogP contribution >= 0.6 is 0 Å². The van der Waals surface area contributed by atoms with Crippen LogP contribution in [0, 0.1) is 12.8 Å². The minimum atomic E-state index is -0.111. The topological polar surface area (TPSA) is 108 Å². The van der Waals surface area contributed by atoms with Crippen LogP contribution in [0.2, 0.25) is 0 Å². The van der Waals surface area contributed by atoms with E-state index in [-0.39, 0.29) is 18.4 Å². The van der Waals surface area contributed by atoms with Crippen LogP contribution in [0.5, 0.6) is 5.75 Å². The van der Waals surface area contributed by atoms with Gasteiger partial charge in [0.2, 0.25) is 5.91 Å². The number of nitrogens with one attached hydrogen (secondary N) is 1.